The van der Waals surface area contributed by atoms with E-state index in [9.17, 15) is 13.2 Å². The van der Waals surface area contributed by atoms with Crippen LogP contribution in [0, 0.1) is 0 Å². The number of thiophene rings is 1. The molecule has 3 aromatic rings. The number of nitrogens with zero attached hydrogens (tertiary/aromatic N) is 2. The maximum Gasteiger partial charge on any atom is 0.284 e. The molecule has 2 heterocycles. The van der Waals surface area contributed by atoms with Gasteiger partial charge in [-0.2, -0.15) is 5.10 Å². The quantitative estimate of drug-likeness (QED) is 0.543. The molecule has 2 aromatic carbocycles. The molecule has 1 amide bonds. The van der Waals surface area contributed by atoms with Crippen molar-refractivity contribution in [3.05, 3.63) is 76.0 Å². The van der Waals surface area contributed by atoms with E-state index >= 15 is 0 Å². The molecule has 1 unspecified atom stereocenters. The number of nitrogens with one attached hydrogen (secondary N) is 1. The van der Waals surface area contributed by atoms with Gasteiger partial charge in [0.2, 0.25) is 10.0 Å². The largest absolute Gasteiger partial charge is 0.496 e. The molecule has 0 bridgehead atoms. The van der Waals surface area contributed by atoms with Gasteiger partial charge in [-0.1, -0.05) is 24.3 Å². The van der Waals surface area contributed by atoms with E-state index in [0.717, 1.165) is 11.8 Å². The van der Waals surface area contributed by atoms with Crippen LogP contribution in [0.25, 0.3) is 0 Å². The molecule has 1 N–H and O–H groups in total. The van der Waals surface area contributed by atoms with Crippen LogP contribution in [0.5, 0.6) is 11.5 Å². The molecule has 0 saturated heterocycles. The molecular formula is C23H23N3O5S2. The monoisotopic (exact) mass is 485 g/mol. The summed E-state index contributed by atoms with van der Waals surface area (Å²) in [4.78, 5) is 13.9. The Morgan fingerprint density at radius 2 is 1.79 bits per heavy atom. The Kier molecular flexibility index (Phi) is 6.39. The minimum Gasteiger partial charge on any atom is -0.496 e. The van der Waals surface area contributed by atoms with Crippen LogP contribution in [0.2, 0.25) is 0 Å². The van der Waals surface area contributed by atoms with Crippen molar-refractivity contribution in [2.24, 2.45) is 5.10 Å². The molecule has 0 radical (unpaired) electrons. The zero-order chi connectivity index (χ0) is 23.6. The van der Waals surface area contributed by atoms with Gasteiger partial charge in [0, 0.05) is 12.1 Å². The van der Waals surface area contributed by atoms with Crippen molar-refractivity contribution in [3.8, 4) is 11.5 Å². The van der Waals surface area contributed by atoms with E-state index in [4.69, 9.17) is 9.47 Å². The smallest absolute Gasteiger partial charge is 0.284 e. The number of sulfonamides is 1. The summed E-state index contributed by atoms with van der Waals surface area (Å²) in [6, 6.07) is 15.5. The number of hydrogen-bond donors (Lipinski definition) is 1. The van der Waals surface area contributed by atoms with Crippen molar-refractivity contribution in [2.75, 3.05) is 25.2 Å². The van der Waals surface area contributed by atoms with Crippen molar-refractivity contribution in [1.82, 2.24) is 5.01 Å². The summed E-state index contributed by atoms with van der Waals surface area (Å²) >= 11 is 1.34. The molecule has 1 aliphatic heterocycles. The summed E-state index contributed by atoms with van der Waals surface area (Å²) in [5, 5.41) is 7.98. The van der Waals surface area contributed by atoms with Gasteiger partial charge in [0.05, 0.1) is 42.7 Å². The van der Waals surface area contributed by atoms with E-state index in [1.165, 1.54) is 16.3 Å². The van der Waals surface area contributed by atoms with Gasteiger partial charge >= 0.3 is 0 Å². The molecule has 33 heavy (non-hydrogen) atoms. The molecule has 8 nitrogen and oxygen atoms in total. The molecule has 1 aliphatic rings. The average Bonchev–Trinajstić information content (AvgIpc) is 3.47. The second-order valence-electron chi connectivity index (χ2n) is 7.42. The van der Waals surface area contributed by atoms with Crippen molar-refractivity contribution >= 4 is 38.7 Å². The Morgan fingerprint density at radius 3 is 2.39 bits per heavy atom. The molecule has 0 aliphatic carbocycles. The van der Waals surface area contributed by atoms with Crippen LogP contribution in [0.15, 0.2) is 65.1 Å². The molecule has 0 fully saturated rings. The van der Waals surface area contributed by atoms with E-state index in [-0.39, 0.29) is 5.91 Å². The number of anilines is 1. The fourth-order valence-corrected chi connectivity index (χ4v) is 5.01. The number of methoxy groups -OCH3 is 2. The summed E-state index contributed by atoms with van der Waals surface area (Å²) in [5.41, 5.74) is 2.50. The number of rotatable bonds is 7. The van der Waals surface area contributed by atoms with Gasteiger partial charge in [-0.15, -0.1) is 11.3 Å². The van der Waals surface area contributed by atoms with Crippen LogP contribution in [-0.2, 0) is 10.0 Å². The third kappa shape index (κ3) is 4.86. The van der Waals surface area contributed by atoms with Crippen LogP contribution < -0.4 is 14.2 Å². The third-order valence-electron chi connectivity index (χ3n) is 5.15. The summed E-state index contributed by atoms with van der Waals surface area (Å²) in [6.07, 6.45) is 1.49. The van der Waals surface area contributed by atoms with Crippen molar-refractivity contribution in [2.45, 2.75) is 12.5 Å². The maximum absolute atomic E-state index is 13.4. The number of hydrogen-bond acceptors (Lipinski definition) is 7. The summed E-state index contributed by atoms with van der Waals surface area (Å²) in [6.45, 7) is 0. The Labute approximate surface area is 196 Å². The molecule has 1 aromatic heterocycles. The van der Waals surface area contributed by atoms with Crippen LogP contribution in [0.4, 0.5) is 5.69 Å². The standard InChI is InChI=1S/C23H23N3O5S2/c1-30-19-9-5-10-20(31-2)22(19)18-14-17(24-26(18)23(27)21-11-6-12-32-21)15-7-4-8-16(13-15)25-33(3,28)29/h4-13,18,25H,14H2,1-3H3. The highest BCUT2D eigenvalue weighted by Gasteiger charge is 2.37. The average molecular weight is 486 g/mol. The highest BCUT2D eigenvalue weighted by Crippen LogP contribution is 2.43. The predicted octanol–water partition coefficient (Wildman–Crippen LogP) is 4.13. The highest BCUT2D eigenvalue weighted by molar-refractivity contribution is 7.92. The van der Waals surface area contributed by atoms with Crippen LogP contribution >= 0.6 is 11.3 Å². The zero-order valence-electron chi connectivity index (χ0n) is 18.3. The molecule has 0 saturated carbocycles. The first-order valence-corrected chi connectivity index (χ1v) is 12.8. The second-order valence-corrected chi connectivity index (χ2v) is 10.1. The first kappa shape index (κ1) is 22.8. The Morgan fingerprint density at radius 1 is 1.09 bits per heavy atom. The number of hydrazone groups is 1. The molecule has 10 heteroatoms. The lowest BCUT2D eigenvalue weighted by Gasteiger charge is -2.24. The number of carbonyl (C=O) groups excluding carboxylic acids is 1. The Hall–Kier alpha value is -3.37. The van der Waals surface area contributed by atoms with E-state index in [2.05, 4.69) is 9.82 Å². The van der Waals surface area contributed by atoms with Gasteiger partial charge in [-0.05, 0) is 41.3 Å². The molecule has 0 spiro atoms. The second kappa shape index (κ2) is 9.24. The molecule has 1 atom stereocenters. The minimum absolute atomic E-state index is 0.233. The molecule has 172 valence electrons. The lowest BCUT2D eigenvalue weighted by molar-refractivity contribution is 0.0712. The Bertz CT molecular complexity index is 1280. The first-order valence-electron chi connectivity index (χ1n) is 10.0. The normalized spacial score (nSPS) is 15.8. The zero-order valence-corrected chi connectivity index (χ0v) is 19.9. The van der Waals surface area contributed by atoms with Crippen LogP contribution in [0.3, 0.4) is 0 Å². The SMILES string of the molecule is COc1cccc(OC)c1C1CC(c2cccc(NS(C)(=O)=O)c2)=NN1C(=O)c1cccs1. The van der Waals surface area contributed by atoms with Gasteiger partial charge in [0.15, 0.2) is 0 Å². The van der Waals surface area contributed by atoms with Gasteiger partial charge in [0.1, 0.15) is 11.5 Å². The van der Waals surface area contributed by atoms with Crippen molar-refractivity contribution in [3.63, 3.8) is 0 Å². The van der Waals surface area contributed by atoms with E-state index in [0.29, 0.717) is 39.8 Å². The third-order valence-corrected chi connectivity index (χ3v) is 6.61. The summed E-state index contributed by atoms with van der Waals surface area (Å²) < 4.78 is 37.0. The highest BCUT2D eigenvalue weighted by atomic mass is 32.2. The van der Waals surface area contributed by atoms with Crippen molar-refractivity contribution < 1.29 is 22.7 Å². The lowest BCUT2D eigenvalue weighted by atomic mass is 9.96. The van der Waals surface area contributed by atoms with Crippen molar-refractivity contribution in [1.29, 1.82) is 0 Å². The van der Waals surface area contributed by atoms with Gasteiger partial charge in [-0.3, -0.25) is 9.52 Å². The van der Waals surface area contributed by atoms with Crippen LogP contribution in [-0.4, -0.2) is 45.5 Å². The summed E-state index contributed by atoms with van der Waals surface area (Å²) in [5.74, 6) is 0.947. The van der Waals surface area contributed by atoms with Crippen LogP contribution in [0.1, 0.15) is 33.3 Å². The number of carbonyl (C=O) groups is 1. The fourth-order valence-electron chi connectivity index (χ4n) is 3.79. The molecule has 4 rings (SSSR count). The maximum atomic E-state index is 13.4. The van der Waals surface area contributed by atoms with E-state index in [1.54, 1.807) is 38.5 Å². The fraction of sp³-hybridized carbons (Fsp3) is 0.217. The molecular weight excluding hydrogens is 462 g/mol. The topological polar surface area (TPSA) is 97.3 Å². The lowest BCUT2D eigenvalue weighted by Crippen LogP contribution is -2.27. The first-order chi connectivity index (χ1) is 15.8. The van der Waals surface area contributed by atoms with Gasteiger partial charge in [0.25, 0.3) is 5.91 Å². The minimum atomic E-state index is -3.43. The number of ether oxygens (including phenoxy) is 2. The Balaban J connectivity index is 1.79. The van der Waals surface area contributed by atoms with Gasteiger partial charge in [-0.25, -0.2) is 13.4 Å². The predicted molar refractivity (Wildman–Crippen MR) is 129 cm³/mol. The number of amides is 1. The van der Waals surface area contributed by atoms with E-state index < -0.39 is 16.1 Å². The summed E-state index contributed by atoms with van der Waals surface area (Å²) in [7, 11) is -0.289. The van der Waals surface area contributed by atoms with Gasteiger partial charge < -0.3 is 9.47 Å². The van der Waals surface area contributed by atoms with E-state index in [1.807, 2.05) is 35.7 Å². The number of benzene rings is 2.